The number of hydrogen-bond donors (Lipinski definition) is 2. The lowest BCUT2D eigenvalue weighted by atomic mass is 9.87. The quantitative estimate of drug-likeness (QED) is 0.767. The number of aliphatic hydroxyl groups excluding tert-OH is 1. The molecule has 1 amide bonds. The monoisotopic (exact) mass is 335 g/mol. The highest BCUT2D eigenvalue weighted by Gasteiger charge is 2.32. The molecule has 0 aliphatic carbocycles. The molecule has 0 bridgehead atoms. The maximum atomic E-state index is 12.9. The number of ether oxygens (including phenoxy) is 1. The van der Waals surface area contributed by atoms with Gasteiger partial charge in [0, 0.05) is 23.2 Å². The van der Waals surface area contributed by atoms with E-state index in [0.29, 0.717) is 17.1 Å². The first-order valence-corrected chi connectivity index (χ1v) is 8.07. The minimum atomic E-state index is -0.812. The standard InChI is InChI=1S/C20H17NO4/c22-16(13-9-10-24-12-13)11-21-20(23)19-14-5-1-3-7-17(14)25-18-8-4-2-6-15(18)19/h1-10,12,16,19,22H,11H2,(H,21,23)/t16-/m1/s1. The molecule has 0 fully saturated rings. The van der Waals surface area contributed by atoms with Gasteiger partial charge in [0.2, 0.25) is 5.91 Å². The van der Waals surface area contributed by atoms with Crippen molar-refractivity contribution < 1.29 is 19.1 Å². The normalized spacial score (nSPS) is 14.1. The van der Waals surface area contributed by atoms with E-state index in [1.165, 1.54) is 12.5 Å². The van der Waals surface area contributed by atoms with Gasteiger partial charge in [0.25, 0.3) is 0 Å². The molecule has 1 aromatic heterocycles. The average molecular weight is 335 g/mol. The van der Waals surface area contributed by atoms with Crippen molar-refractivity contribution >= 4 is 5.91 Å². The van der Waals surface area contributed by atoms with Crippen LogP contribution in [-0.2, 0) is 4.79 Å². The minimum Gasteiger partial charge on any atom is -0.472 e. The van der Waals surface area contributed by atoms with Crippen LogP contribution >= 0.6 is 0 Å². The van der Waals surface area contributed by atoms with Crippen LogP contribution in [0.25, 0.3) is 0 Å². The van der Waals surface area contributed by atoms with Crippen molar-refractivity contribution in [2.45, 2.75) is 12.0 Å². The molecule has 2 aromatic carbocycles. The molecule has 1 aliphatic rings. The van der Waals surface area contributed by atoms with Crippen molar-refractivity contribution in [3.8, 4) is 11.5 Å². The van der Waals surface area contributed by atoms with Gasteiger partial charge in [-0.25, -0.2) is 0 Å². The lowest BCUT2D eigenvalue weighted by Crippen LogP contribution is -2.34. The molecule has 0 saturated heterocycles. The molecule has 126 valence electrons. The molecule has 0 radical (unpaired) electrons. The zero-order valence-electron chi connectivity index (χ0n) is 13.4. The Bertz CT molecular complexity index is 843. The van der Waals surface area contributed by atoms with Crippen LogP contribution in [0.3, 0.4) is 0 Å². The van der Waals surface area contributed by atoms with Crippen LogP contribution in [0.15, 0.2) is 71.5 Å². The van der Waals surface area contributed by atoms with Crippen LogP contribution in [0.4, 0.5) is 0 Å². The van der Waals surface area contributed by atoms with Gasteiger partial charge in [-0.1, -0.05) is 36.4 Å². The second-order valence-corrected chi connectivity index (χ2v) is 5.93. The van der Waals surface area contributed by atoms with Gasteiger partial charge < -0.3 is 19.6 Å². The van der Waals surface area contributed by atoms with Crippen molar-refractivity contribution in [2.24, 2.45) is 0 Å². The Morgan fingerprint density at radius 1 is 1.04 bits per heavy atom. The van der Waals surface area contributed by atoms with Gasteiger partial charge in [-0.2, -0.15) is 0 Å². The Morgan fingerprint density at radius 2 is 1.68 bits per heavy atom. The lowest BCUT2D eigenvalue weighted by molar-refractivity contribution is -0.122. The fourth-order valence-electron chi connectivity index (χ4n) is 3.07. The van der Waals surface area contributed by atoms with Crippen LogP contribution in [0.1, 0.15) is 28.7 Å². The van der Waals surface area contributed by atoms with E-state index in [9.17, 15) is 9.90 Å². The van der Waals surface area contributed by atoms with E-state index < -0.39 is 12.0 Å². The Kier molecular flexibility index (Phi) is 3.99. The third kappa shape index (κ3) is 2.90. The van der Waals surface area contributed by atoms with Crippen LogP contribution in [0.5, 0.6) is 11.5 Å². The summed E-state index contributed by atoms with van der Waals surface area (Å²) in [6, 6.07) is 16.7. The summed E-state index contributed by atoms with van der Waals surface area (Å²) in [7, 11) is 0. The Morgan fingerprint density at radius 3 is 2.28 bits per heavy atom. The number of para-hydroxylation sites is 2. The average Bonchev–Trinajstić information content (AvgIpc) is 3.18. The maximum absolute atomic E-state index is 12.9. The van der Waals surface area contributed by atoms with E-state index in [2.05, 4.69) is 5.32 Å². The first-order chi connectivity index (χ1) is 12.2. The van der Waals surface area contributed by atoms with Gasteiger partial charge in [0.15, 0.2) is 0 Å². The summed E-state index contributed by atoms with van der Waals surface area (Å²) in [5, 5.41) is 13.0. The van der Waals surface area contributed by atoms with E-state index >= 15 is 0 Å². The van der Waals surface area contributed by atoms with E-state index in [-0.39, 0.29) is 12.5 Å². The summed E-state index contributed by atoms with van der Waals surface area (Å²) < 4.78 is 10.9. The number of aliphatic hydroxyl groups is 1. The van der Waals surface area contributed by atoms with Gasteiger partial charge in [0.1, 0.15) is 11.5 Å². The largest absolute Gasteiger partial charge is 0.472 e. The molecule has 4 rings (SSSR count). The first kappa shape index (κ1) is 15.5. The number of amides is 1. The van der Waals surface area contributed by atoms with Gasteiger partial charge in [-0.15, -0.1) is 0 Å². The summed E-state index contributed by atoms with van der Waals surface area (Å²) in [4.78, 5) is 12.9. The zero-order valence-corrected chi connectivity index (χ0v) is 13.4. The maximum Gasteiger partial charge on any atom is 0.232 e. The zero-order chi connectivity index (χ0) is 17.2. The number of furan rings is 1. The van der Waals surface area contributed by atoms with E-state index in [1.54, 1.807) is 6.07 Å². The summed E-state index contributed by atoms with van der Waals surface area (Å²) in [5.41, 5.74) is 2.26. The number of benzene rings is 2. The lowest BCUT2D eigenvalue weighted by Gasteiger charge is -2.27. The van der Waals surface area contributed by atoms with Gasteiger partial charge in [-0.05, 0) is 18.2 Å². The van der Waals surface area contributed by atoms with Crippen LogP contribution in [0.2, 0.25) is 0 Å². The molecule has 3 aromatic rings. The summed E-state index contributed by atoms with van der Waals surface area (Å²) in [6.45, 7) is 0.111. The van der Waals surface area contributed by atoms with Crippen molar-refractivity contribution in [3.63, 3.8) is 0 Å². The molecule has 1 aliphatic heterocycles. The first-order valence-electron chi connectivity index (χ1n) is 8.07. The molecule has 25 heavy (non-hydrogen) atoms. The molecular formula is C20H17NO4. The highest BCUT2D eigenvalue weighted by molar-refractivity contribution is 5.89. The molecule has 0 spiro atoms. The third-order valence-corrected chi connectivity index (χ3v) is 4.34. The number of fused-ring (bicyclic) bond motifs is 2. The van der Waals surface area contributed by atoms with Crippen molar-refractivity contribution in [3.05, 3.63) is 83.8 Å². The molecule has 5 nitrogen and oxygen atoms in total. The third-order valence-electron chi connectivity index (χ3n) is 4.34. The van der Waals surface area contributed by atoms with Crippen LogP contribution < -0.4 is 10.1 Å². The highest BCUT2D eigenvalue weighted by atomic mass is 16.5. The van der Waals surface area contributed by atoms with Crippen LogP contribution in [-0.4, -0.2) is 17.6 Å². The predicted octanol–water partition coefficient (Wildman–Crippen LogP) is 3.37. The Balaban J connectivity index is 1.60. The Hall–Kier alpha value is -3.05. The fourth-order valence-corrected chi connectivity index (χ4v) is 3.07. The summed E-state index contributed by atoms with van der Waals surface area (Å²) >= 11 is 0. The number of hydrogen-bond acceptors (Lipinski definition) is 4. The fraction of sp³-hybridized carbons (Fsp3) is 0.150. The molecule has 2 N–H and O–H groups in total. The molecule has 1 atom stereocenters. The number of nitrogens with one attached hydrogen (secondary N) is 1. The topological polar surface area (TPSA) is 71.7 Å². The number of carbonyl (C=O) groups excluding carboxylic acids is 1. The highest BCUT2D eigenvalue weighted by Crippen LogP contribution is 2.43. The van der Waals surface area contributed by atoms with Crippen molar-refractivity contribution in [1.82, 2.24) is 5.32 Å². The van der Waals surface area contributed by atoms with Gasteiger partial charge >= 0.3 is 0 Å². The Labute approximate surface area is 144 Å². The summed E-state index contributed by atoms with van der Waals surface area (Å²) in [6.07, 6.45) is 2.15. The van der Waals surface area contributed by atoms with Crippen molar-refractivity contribution in [2.75, 3.05) is 6.54 Å². The van der Waals surface area contributed by atoms with Crippen LogP contribution in [0, 0.1) is 0 Å². The second kappa shape index (κ2) is 6.45. The van der Waals surface area contributed by atoms with E-state index in [4.69, 9.17) is 9.15 Å². The van der Waals surface area contributed by atoms with Gasteiger partial charge in [-0.3, -0.25) is 4.79 Å². The SMILES string of the molecule is O=C(NC[C@@H](O)c1ccoc1)C1c2ccccc2Oc2ccccc21. The minimum absolute atomic E-state index is 0.111. The molecule has 5 heteroatoms. The summed E-state index contributed by atoms with van der Waals surface area (Å²) in [5.74, 6) is 0.705. The molecule has 2 heterocycles. The number of carbonyl (C=O) groups is 1. The second-order valence-electron chi connectivity index (χ2n) is 5.93. The number of rotatable bonds is 4. The smallest absolute Gasteiger partial charge is 0.232 e. The predicted molar refractivity (Wildman–Crippen MR) is 91.5 cm³/mol. The molecule has 0 unspecified atom stereocenters. The van der Waals surface area contributed by atoms with E-state index in [0.717, 1.165) is 11.1 Å². The molecule has 0 saturated carbocycles. The van der Waals surface area contributed by atoms with E-state index in [1.807, 2.05) is 48.5 Å². The molecular weight excluding hydrogens is 318 g/mol. The van der Waals surface area contributed by atoms with Gasteiger partial charge in [0.05, 0.1) is 24.5 Å². The van der Waals surface area contributed by atoms with Crippen molar-refractivity contribution in [1.29, 1.82) is 0 Å².